The molecule has 7 nitrogen and oxygen atoms in total. The maximum absolute atomic E-state index is 13.1. The number of imide groups is 1. The van der Waals surface area contributed by atoms with Gasteiger partial charge in [-0.15, -0.1) is 0 Å². The molecule has 1 saturated heterocycles. The van der Waals surface area contributed by atoms with E-state index in [9.17, 15) is 19.2 Å². The number of carbonyl (C=O) groups excluding carboxylic acids is 4. The highest BCUT2D eigenvalue weighted by Crippen LogP contribution is 2.46. The lowest BCUT2D eigenvalue weighted by atomic mass is 9.64. The van der Waals surface area contributed by atoms with E-state index in [2.05, 4.69) is 26.1 Å². The molecule has 1 saturated carbocycles. The van der Waals surface area contributed by atoms with Crippen LogP contribution in [0.5, 0.6) is 0 Å². The third-order valence-corrected chi connectivity index (χ3v) is 6.95. The zero-order valence-corrected chi connectivity index (χ0v) is 19.2. The topological polar surface area (TPSA) is 92.8 Å². The molecule has 0 aromatic heterocycles. The first-order valence-electron chi connectivity index (χ1n) is 11.5. The van der Waals surface area contributed by atoms with Gasteiger partial charge in [-0.25, -0.2) is 4.79 Å². The second-order valence-electron chi connectivity index (χ2n) is 10.5. The molecular formula is C25H32N2O5. The van der Waals surface area contributed by atoms with Crippen LogP contribution in [0.1, 0.15) is 74.4 Å². The molecule has 32 heavy (non-hydrogen) atoms. The Morgan fingerprint density at radius 2 is 1.84 bits per heavy atom. The smallest absolute Gasteiger partial charge is 0.326 e. The number of hydrogen-bond donors (Lipinski definition) is 1. The van der Waals surface area contributed by atoms with Crippen molar-refractivity contribution in [2.75, 3.05) is 13.2 Å². The molecule has 1 aromatic carbocycles. The summed E-state index contributed by atoms with van der Waals surface area (Å²) < 4.78 is 5.14. The number of urea groups is 1. The van der Waals surface area contributed by atoms with Gasteiger partial charge < -0.3 is 10.1 Å². The number of aryl methyl sites for hydroxylation is 2. The van der Waals surface area contributed by atoms with E-state index in [0.717, 1.165) is 30.6 Å². The summed E-state index contributed by atoms with van der Waals surface area (Å²) in [4.78, 5) is 51.5. The molecule has 3 amide bonds. The van der Waals surface area contributed by atoms with Gasteiger partial charge in [0.25, 0.3) is 5.91 Å². The van der Waals surface area contributed by atoms with Crippen LogP contribution in [-0.2, 0) is 27.2 Å². The number of hydrogen-bond acceptors (Lipinski definition) is 5. The van der Waals surface area contributed by atoms with Crippen molar-refractivity contribution < 1.29 is 23.9 Å². The van der Waals surface area contributed by atoms with Gasteiger partial charge in [0, 0.05) is 5.56 Å². The highest BCUT2D eigenvalue weighted by atomic mass is 16.5. The summed E-state index contributed by atoms with van der Waals surface area (Å²) in [5.74, 6) is -1.15. The predicted molar refractivity (Wildman–Crippen MR) is 118 cm³/mol. The van der Waals surface area contributed by atoms with Crippen molar-refractivity contribution in [2.45, 2.75) is 71.3 Å². The van der Waals surface area contributed by atoms with Gasteiger partial charge in [0.15, 0.2) is 12.4 Å². The third kappa shape index (κ3) is 4.43. The van der Waals surface area contributed by atoms with Gasteiger partial charge in [0.05, 0.1) is 0 Å². The predicted octanol–water partition coefficient (Wildman–Crippen LogP) is 3.43. The molecule has 1 spiro atoms. The molecule has 4 rings (SSSR count). The van der Waals surface area contributed by atoms with Crippen molar-refractivity contribution in [1.82, 2.24) is 10.2 Å². The molecule has 2 aliphatic carbocycles. The van der Waals surface area contributed by atoms with Crippen LogP contribution < -0.4 is 5.32 Å². The number of ether oxygens (including phenoxy) is 1. The van der Waals surface area contributed by atoms with Crippen molar-refractivity contribution in [3.05, 3.63) is 34.9 Å². The standard InChI is InChI=1S/C25H32N2O5/c1-16-11-24(2,3)15-25(12-16)22(30)27(23(31)26-25)13-21(29)32-14-20(28)19-9-8-17-6-4-5-7-18(17)10-19/h8-10,16H,4-7,11-15H2,1-3H3,(H,26,31). The normalized spacial score (nSPS) is 26.6. The Labute approximate surface area is 188 Å². The molecule has 0 radical (unpaired) electrons. The van der Waals surface area contributed by atoms with E-state index in [4.69, 9.17) is 4.74 Å². The number of benzene rings is 1. The average Bonchev–Trinajstić information content (AvgIpc) is 2.93. The Kier molecular flexibility index (Phi) is 5.86. The number of Topliss-reactive ketones (excluding diaryl/α,β-unsaturated/α-hetero) is 1. The van der Waals surface area contributed by atoms with Gasteiger partial charge in [-0.2, -0.15) is 0 Å². The minimum Gasteiger partial charge on any atom is -0.456 e. The first kappa shape index (κ1) is 22.5. The van der Waals surface area contributed by atoms with Crippen molar-refractivity contribution in [2.24, 2.45) is 11.3 Å². The van der Waals surface area contributed by atoms with E-state index in [1.807, 2.05) is 12.1 Å². The molecule has 7 heteroatoms. The molecule has 1 aromatic rings. The van der Waals surface area contributed by atoms with Gasteiger partial charge in [-0.3, -0.25) is 19.3 Å². The number of carbonyl (C=O) groups is 4. The van der Waals surface area contributed by atoms with Crippen LogP contribution >= 0.6 is 0 Å². The summed E-state index contributed by atoms with van der Waals surface area (Å²) in [6, 6.07) is 5.06. The first-order chi connectivity index (χ1) is 15.1. The largest absolute Gasteiger partial charge is 0.456 e. The maximum Gasteiger partial charge on any atom is 0.326 e. The van der Waals surface area contributed by atoms with Crippen LogP contribution in [0.25, 0.3) is 0 Å². The second-order valence-corrected chi connectivity index (χ2v) is 10.5. The van der Waals surface area contributed by atoms with Gasteiger partial charge >= 0.3 is 12.0 Å². The van der Waals surface area contributed by atoms with E-state index in [0.29, 0.717) is 18.4 Å². The van der Waals surface area contributed by atoms with Crippen LogP contribution in [0.15, 0.2) is 18.2 Å². The summed E-state index contributed by atoms with van der Waals surface area (Å²) in [7, 11) is 0. The minimum atomic E-state index is -0.961. The van der Waals surface area contributed by atoms with E-state index < -0.39 is 30.7 Å². The van der Waals surface area contributed by atoms with Crippen molar-refractivity contribution in [3.8, 4) is 0 Å². The SMILES string of the molecule is CC1CC(C)(C)CC2(C1)NC(=O)N(CC(=O)OCC(=O)c1ccc3c(c1)CCCC3)C2=O. The van der Waals surface area contributed by atoms with Crippen molar-refractivity contribution >= 4 is 23.7 Å². The summed E-state index contributed by atoms with van der Waals surface area (Å²) in [6.07, 6.45) is 6.34. The fourth-order valence-corrected chi connectivity index (χ4v) is 5.96. The second kappa shape index (κ2) is 8.34. The molecular weight excluding hydrogens is 408 g/mol. The van der Waals surface area contributed by atoms with E-state index in [1.165, 1.54) is 17.5 Å². The molecule has 1 heterocycles. The quantitative estimate of drug-likeness (QED) is 0.430. The molecule has 2 atom stereocenters. The summed E-state index contributed by atoms with van der Waals surface area (Å²) >= 11 is 0. The maximum atomic E-state index is 13.1. The zero-order valence-electron chi connectivity index (χ0n) is 19.2. The monoisotopic (exact) mass is 440 g/mol. The first-order valence-corrected chi connectivity index (χ1v) is 11.5. The van der Waals surface area contributed by atoms with Crippen LogP contribution in [0.4, 0.5) is 4.79 Å². The van der Waals surface area contributed by atoms with Crippen LogP contribution in [-0.4, -0.2) is 47.3 Å². The molecule has 0 bridgehead atoms. The Morgan fingerprint density at radius 1 is 1.12 bits per heavy atom. The molecule has 2 fully saturated rings. The molecule has 172 valence electrons. The fraction of sp³-hybridized carbons (Fsp3) is 0.600. The molecule has 3 aliphatic rings. The minimum absolute atomic E-state index is 0.0849. The molecule has 1 N–H and O–H groups in total. The van der Waals surface area contributed by atoms with Gasteiger partial charge in [-0.05, 0) is 73.5 Å². The lowest BCUT2D eigenvalue weighted by Gasteiger charge is -2.43. The number of amides is 3. The number of fused-ring (bicyclic) bond motifs is 1. The van der Waals surface area contributed by atoms with Crippen molar-refractivity contribution in [3.63, 3.8) is 0 Å². The van der Waals surface area contributed by atoms with E-state index >= 15 is 0 Å². The van der Waals surface area contributed by atoms with E-state index in [1.54, 1.807) is 6.07 Å². The Hall–Kier alpha value is -2.70. The van der Waals surface area contributed by atoms with E-state index in [-0.39, 0.29) is 23.0 Å². The number of nitrogens with one attached hydrogen (secondary N) is 1. The van der Waals surface area contributed by atoms with Crippen LogP contribution in [0.3, 0.4) is 0 Å². The fourth-order valence-electron chi connectivity index (χ4n) is 5.96. The molecule has 2 unspecified atom stereocenters. The Morgan fingerprint density at radius 3 is 2.56 bits per heavy atom. The van der Waals surface area contributed by atoms with Crippen molar-refractivity contribution in [1.29, 1.82) is 0 Å². The van der Waals surface area contributed by atoms with Gasteiger partial charge in [-0.1, -0.05) is 32.9 Å². The third-order valence-electron chi connectivity index (χ3n) is 6.95. The number of ketones is 1. The summed E-state index contributed by atoms with van der Waals surface area (Å²) in [5.41, 5.74) is 1.93. The number of nitrogens with zero attached hydrogens (tertiary/aromatic N) is 1. The lowest BCUT2D eigenvalue weighted by molar-refractivity contribution is -0.147. The van der Waals surface area contributed by atoms with Gasteiger partial charge in [0.1, 0.15) is 12.1 Å². The summed E-state index contributed by atoms with van der Waals surface area (Å²) in [5, 5.41) is 2.84. The molecule has 1 aliphatic heterocycles. The average molecular weight is 441 g/mol. The summed E-state index contributed by atoms with van der Waals surface area (Å²) in [6.45, 7) is 5.36. The van der Waals surface area contributed by atoms with Crippen LogP contribution in [0, 0.1) is 11.3 Å². The highest BCUT2D eigenvalue weighted by molar-refractivity contribution is 6.09. The Balaban J connectivity index is 1.35. The number of rotatable bonds is 5. The highest BCUT2D eigenvalue weighted by Gasteiger charge is 2.56. The van der Waals surface area contributed by atoms with Crippen LogP contribution in [0.2, 0.25) is 0 Å². The van der Waals surface area contributed by atoms with Gasteiger partial charge in [0.2, 0.25) is 0 Å². The Bertz CT molecular complexity index is 969. The zero-order chi connectivity index (χ0) is 23.1. The number of esters is 1. The lowest BCUT2D eigenvalue weighted by Crippen LogP contribution is -2.54.